The van der Waals surface area contributed by atoms with Crippen LogP contribution in [0.4, 0.5) is 0 Å². The molecule has 1 aromatic carbocycles. The molecule has 2 saturated heterocycles. The summed E-state index contributed by atoms with van der Waals surface area (Å²) in [5.41, 5.74) is 1.09. The minimum absolute atomic E-state index is 0.0951. The van der Waals surface area contributed by atoms with Gasteiger partial charge in [-0.25, -0.2) is 0 Å². The van der Waals surface area contributed by atoms with Crippen LogP contribution in [-0.4, -0.2) is 68.5 Å². The maximum atomic E-state index is 12.7. The van der Waals surface area contributed by atoms with Crippen LogP contribution < -0.4 is 4.74 Å². The fourth-order valence-corrected chi connectivity index (χ4v) is 3.58. The average Bonchev–Trinajstić information content (AvgIpc) is 3.09. The highest BCUT2D eigenvalue weighted by Gasteiger charge is 2.40. The van der Waals surface area contributed by atoms with E-state index < -0.39 is 5.79 Å². The lowest BCUT2D eigenvalue weighted by Gasteiger charge is -2.38. The predicted molar refractivity (Wildman–Crippen MR) is 94.5 cm³/mol. The van der Waals surface area contributed by atoms with E-state index in [1.54, 1.807) is 7.11 Å². The largest absolute Gasteiger partial charge is 0.496 e. The van der Waals surface area contributed by atoms with Gasteiger partial charge in [0.25, 0.3) is 0 Å². The first-order valence-electron chi connectivity index (χ1n) is 8.93. The number of carbonyl (C=O) groups is 1. The topological polar surface area (TPSA) is 51.2 Å². The second kappa shape index (κ2) is 7.72. The molecular weight excluding hydrogens is 320 g/mol. The van der Waals surface area contributed by atoms with Gasteiger partial charge in [0, 0.05) is 37.5 Å². The third-order valence-corrected chi connectivity index (χ3v) is 5.33. The molecule has 138 valence electrons. The van der Waals surface area contributed by atoms with Crippen molar-refractivity contribution in [3.8, 4) is 5.75 Å². The first-order valence-corrected chi connectivity index (χ1v) is 8.93. The van der Waals surface area contributed by atoms with Crippen molar-refractivity contribution in [2.75, 3.05) is 47.0 Å². The SMILES string of the molecule is COc1ccccc1C(C)N(C)CC(=O)N1CCC2(CC1)OCCO2. The molecule has 2 heterocycles. The number of benzene rings is 1. The van der Waals surface area contributed by atoms with Crippen LogP contribution in [0.1, 0.15) is 31.4 Å². The van der Waals surface area contributed by atoms with E-state index in [4.69, 9.17) is 14.2 Å². The standard InChI is InChI=1S/C19H28N2O4/c1-15(16-6-4-5-7-17(16)23-3)20(2)14-18(22)21-10-8-19(9-11-21)24-12-13-25-19/h4-7,15H,8-14H2,1-3H3. The predicted octanol–water partition coefficient (Wildman–Crippen LogP) is 2.05. The summed E-state index contributed by atoms with van der Waals surface area (Å²) in [4.78, 5) is 16.7. The molecule has 3 rings (SSSR count). The van der Waals surface area contributed by atoms with Gasteiger partial charge >= 0.3 is 0 Å². The monoisotopic (exact) mass is 348 g/mol. The number of carbonyl (C=O) groups excluding carboxylic acids is 1. The number of nitrogens with zero attached hydrogens (tertiary/aromatic N) is 2. The Morgan fingerprint density at radius 2 is 1.92 bits per heavy atom. The summed E-state index contributed by atoms with van der Waals surface area (Å²) in [5.74, 6) is 0.565. The van der Waals surface area contributed by atoms with Crippen molar-refractivity contribution in [3.05, 3.63) is 29.8 Å². The Labute approximate surface area is 149 Å². The highest BCUT2D eigenvalue weighted by molar-refractivity contribution is 5.78. The first kappa shape index (κ1) is 18.2. The molecule has 0 aromatic heterocycles. The molecule has 0 bridgehead atoms. The lowest BCUT2D eigenvalue weighted by molar-refractivity contribution is -0.187. The van der Waals surface area contributed by atoms with Crippen LogP contribution in [0.3, 0.4) is 0 Å². The number of rotatable bonds is 5. The van der Waals surface area contributed by atoms with E-state index in [9.17, 15) is 4.79 Å². The van der Waals surface area contributed by atoms with Crippen molar-refractivity contribution in [1.82, 2.24) is 9.80 Å². The summed E-state index contributed by atoms with van der Waals surface area (Å²) < 4.78 is 16.9. The molecule has 1 amide bonds. The van der Waals surface area contributed by atoms with Gasteiger partial charge in [-0.05, 0) is 20.0 Å². The molecule has 6 heteroatoms. The quantitative estimate of drug-likeness (QED) is 0.815. The van der Waals surface area contributed by atoms with E-state index >= 15 is 0 Å². The Balaban J connectivity index is 1.55. The van der Waals surface area contributed by atoms with Gasteiger partial charge in [0.2, 0.25) is 5.91 Å². The summed E-state index contributed by atoms with van der Waals surface area (Å²) in [6, 6.07) is 8.04. The highest BCUT2D eigenvalue weighted by atomic mass is 16.7. The number of piperidine rings is 1. The average molecular weight is 348 g/mol. The minimum Gasteiger partial charge on any atom is -0.496 e. The second-order valence-electron chi connectivity index (χ2n) is 6.82. The molecule has 0 aliphatic carbocycles. The van der Waals surface area contributed by atoms with Crippen molar-refractivity contribution in [3.63, 3.8) is 0 Å². The number of likely N-dealkylation sites (tertiary alicyclic amines) is 1. The fraction of sp³-hybridized carbons (Fsp3) is 0.632. The molecule has 0 saturated carbocycles. The number of amides is 1. The van der Waals surface area contributed by atoms with Crippen molar-refractivity contribution in [2.45, 2.75) is 31.6 Å². The van der Waals surface area contributed by atoms with E-state index in [0.717, 1.165) is 24.2 Å². The van der Waals surface area contributed by atoms with Gasteiger partial charge in [0.1, 0.15) is 5.75 Å². The van der Waals surface area contributed by atoms with Crippen molar-refractivity contribution in [2.24, 2.45) is 0 Å². The van der Waals surface area contributed by atoms with E-state index in [2.05, 4.69) is 11.8 Å². The molecule has 2 aliphatic heterocycles. The number of ether oxygens (including phenoxy) is 3. The van der Waals surface area contributed by atoms with Crippen LogP contribution in [0.2, 0.25) is 0 Å². The van der Waals surface area contributed by atoms with Gasteiger partial charge in [0.05, 0.1) is 26.9 Å². The van der Waals surface area contributed by atoms with E-state index in [1.165, 1.54) is 0 Å². The molecule has 1 aromatic rings. The molecule has 0 radical (unpaired) electrons. The number of hydrogen-bond acceptors (Lipinski definition) is 5. The Bertz CT molecular complexity index is 591. The lowest BCUT2D eigenvalue weighted by atomic mass is 10.0. The Morgan fingerprint density at radius 1 is 1.28 bits per heavy atom. The van der Waals surface area contributed by atoms with Gasteiger partial charge in [-0.2, -0.15) is 0 Å². The number of methoxy groups -OCH3 is 1. The van der Waals surface area contributed by atoms with Crippen LogP contribution in [-0.2, 0) is 14.3 Å². The molecule has 2 aliphatic rings. The third kappa shape index (κ3) is 3.97. The Hall–Kier alpha value is -1.63. The van der Waals surface area contributed by atoms with Crippen LogP contribution >= 0.6 is 0 Å². The fourth-order valence-electron chi connectivity index (χ4n) is 3.58. The number of para-hydroxylation sites is 1. The molecule has 1 atom stereocenters. The summed E-state index contributed by atoms with van der Waals surface area (Å²) >= 11 is 0. The van der Waals surface area contributed by atoms with Crippen molar-refractivity contribution in [1.29, 1.82) is 0 Å². The van der Waals surface area contributed by atoms with Gasteiger partial charge in [0.15, 0.2) is 5.79 Å². The summed E-state index contributed by atoms with van der Waals surface area (Å²) in [6.45, 7) is 5.18. The zero-order chi connectivity index (χ0) is 17.9. The van der Waals surface area contributed by atoms with E-state index in [-0.39, 0.29) is 11.9 Å². The minimum atomic E-state index is -0.437. The van der Waals surface area contributed by atoms with Crippen molar-refractivity contribution >= 4 is 5.91 Å². The van der Waals surface area contributed by atoms with Gasteiger partial charge in [-0.1, -0.05) is 18.2 Å². The van der Waals surface area contributed by atoms with Gasteiger partial charge < -0.3 is 19.1 Å². The molecular formula is C19H28N2O4. The highest BCUT2D eigenvalue weighted by Crippen LogP contribution is 2.32. The Kier molecular flexibility index (Phi) is 5.61. The number of likely N-dealkylation sites (N-methyl/N-ethyl adjacent to an activating group) is 1. The van der Waals surface area contributed by atoms with Crippen LogP contribution in [0.25, 0.3) is 0 Å². The number of hydrogen-bond donors (Lipinski definition) is 0. The van der Waals surface area contributed by atoms with Gasteiger partial charge in [-0.15, -0.1) is 0 Å². The van der Waals surface area contributed by atoms with Gasteiger partial charge in [-0.3, -0.25) is 9.69 Å². The summed E-state index contributed by atoms with van der Waals surface area (Å²) in [7, 11) is 3.65. The third-order valence-electron chi connectivity index (χ3n) is 5.33. The van der Waals surface area contributed by atoms with Crippen LogP contribution in [0.5, 0.6) is 5.75 Å². The van der Waals surface area contributed by atoms with E-state index in [0.29, 0.717) is 32.8 Å². The van der Waals surface area contributed by atoms with Crippen molar-refractivity contribution < 1.29 is 19.0 Å². The molecule has 0 N–H and O–H groups in total. The lowest BCUT2D eigenvalue weighted by Crippen LogP contribution is -2.49. The first-order chi connectivity index (χ1) is 12.0. The molecule has 1 unspecified atom stereocenters. The normalized spacial score (nSPS) is 20.9. The van der Waals surface area contributed by atoms with Crippen LogP contribution in [0.15, 0.2) is 24.3 Å². The second-order valence-corrected chi connectivity index (χ2v) is 6.82. The maximum Gasteiger partial charge on any atom is 0.236 e. The van der Waals surface area contributed by atoms with E-state index in [1.807, 2.05) is 36.2 Å². The summed E-state index contributed by atoms with van der Waals surface area (Å²) in [5, 5.41) is 0. The zero-order valence-electron chi connectivity index (χ0n) is 15.4. The molecule has 6 nitrogen and oxygen atoms in total. The zero-order valence-corrected chi connectivity index (χ0v) is 15.4. The van der Waals surface area contributed by atoms with Crippen LogP contribution in [0, 0.1) is 0 Å². The Morgan fingerprint density at radius 3 is 2.56 bits per heavy atom. The summed E-state index contributed by atoms with van der Waals surface area (Å²) in [6.07, 6.45) is 1.51. The molecule has 2 fully saturated rings. The smallest absolute Gasteiger partial charge is 0.236 e. The molecule has 1 spiro atoms. The molecule has 25 heavy (non-hydrogen) atoms. The maximum absolute atomic E-state index is 12.7.